The highest BCUT2D eigenvalue weighted by atomic mass is 32.2. The van der Waals surface area contributed by atoms with Gasteiger partial charge in [0.05, 0.1) is 16.3 Å². The van der Waals surface area contributed by atoms with Gasteiger partial charge < -0.3 is 11.1 Å². The lowest BCUT2D eigenvalue weighted by Gasteiger charge is -2.16. The van der Waals surface area contributed by atoms with Gasteiger partial charge in [-0.3, -0.25) is 0 Å². The zero-order valence-corrected chi connectivity index (χ0v) is 10.4. The molecule has 0 aromatic heterocycles. The van der Waals surface area contributed by atoms with Crippen LogP contribution in [0.3, 0.4) is 0 Å². The minimum Gasteiger partial charge on any atom is -0.380 e. The second kappa shape index (κ2) is 5.32. The van der Waals surface area contributed by atoms with Gasteiger partial charge in [-0.1, -0.05) is 19.1 Å². The van der Waals surface area contributed by atoms with E-state index >= 15 is 0 Å². The average Bonchev–Trinajstić information content (AvgIpc) is 2.29. The number of nitrogens with two attached hydrogens (primary N) is 1. The van der Waals surface area contributed by atoms with E-state index in [0.717, 1.165) is 0 Å². The summed E-state index contributed by atoms with van der Waals surface area (Å²) in [4.78, 5) is 0.345. The number of sulfone groups is 1. The smallest absolute Gasteiger partial charge is 0.180 e. The van der Waals surface area contributed by atoms with Crippen molar-refractivity contribution in [3.63, 3.8) is 0 Å². The van der Waals surface area contributed by atoms with E-state index in [1.54, 1.807) is 31.2 Å². The molecular formula is C11H18N2O2S. The molecule has 0 spiro atoms. The molecule has 0 saturated heterocycles. The molecule has 0 aliphatic rings. The molecule has 1 aromatic rings. The van der Waals surface area contributed by atoms with Crippen molar-refractivity contribution in [3.8, 4) is 0 Å². The molecule has 5 heteroatoms. The van der Waals surface area contributed by atoms with Crippen LogP contribution in [0.4, 0.5) is 5.69 Å². The molecule has 3 N–H and O–H groups in total. The van der Waals surface area contributed by atoms with Crippen LogP contribution in [0, 0.1) is 0 Å². The van der Waals surface area contributed by atoms with Crippen molar-refractivity contribution >= 4 is 15.5 Å². The third kappa shape index (κ3) is 2.96. The Balaban J connectivity index is 3.11. The van der Waals surface area contributed by atoms with Crippen LogP contribution in [-0.4, -0.2) is 26.8 Å². The van der Waals surface area contributed by atoms with E-state index in [0.29, 0.717) is 17.1 Å². The lowest BCUT2D eigenvalue weighted by molar-refractivity contribution is 0.597. The molecule has 0 fully saturated rings. The summed E-state index contributed by atoms with van der Waals surface area (Å²) in [6, 6.07) is 6.95. The Labute approximate surface area is 96.8 Å². The van der Waals surface area contributed by atoms with Gasteiger partial charge in [0.15, 0.2) is 9.84 Å². The van der Waals surface area contributed by atoms with Crippen molar-refractivity contribution in [3.05, 3.63) is 24.3 Å². The highest BCUT2D eigenvalue weighted by Crippen LogP contribution is 2.22. The highest BCUT2D eigenvalue weighted by Gasteiger charge is 2.16. The number of benzene rings is 1. The Bertz CT molecular complexity index is 443. The minimum absolute atomic E-state index is 0.0493. The fraction of sp³-hybridized carbons (Fsp3) is 0.455. The Morgan fingerprint density at radius 2 is 2.00 bits per heavy atom. The summed E-state index contributed by atoms with van der Waals surface area (Å²) in [6.07, 6.45) is 0. The van der Waals surface area contributed by atoms with Crippen LogP contribution in [0.2, 0.25) is 0 Å². The van der Waals surface area contributed by atoms with Crippen molar-refractivity contribution in [2.75, 3.05) is 17.6 Å². The van der Waals surface area contributed by atoms with Crippen molar-refractivity contribution in [1.82, 2.24) is 0 Å². The normalized spacial score (nSPS) is 13.4. The van der Waals surface area contributed by atoms with Crippen molar-refractivity contribution in [2.45, 2.75) is 24.8 Å². The van der Waals surface area contributed by atoms with E-state index in [9.17, 15) is 8.42 Å². The van der Waals surface area contributed by atoms with Crippen molar-refractivity contribution in [1.29, 1.82) is 0 Å². The van der Waals surface area contributed by atoms with Crippen LogP contribution < -0.4 is 11.1 Å². The monoisotopic (exact) mass is 242 g/mol. The van der Waals surface area contributed by atoms with Crippen LogP contribution >= 0.6 is 0 Å². The van der Waals surface area contributed by atoms with E-state index in [2.05, 4.69) is 5.32 Å². The number of hydrogen-bond acceptors (Lipinski definition) is 4. The van der Waals surface area contributed by atoms with E-state index < -0.39 is 9.84 Å². The number of anilines is 1. The number of hydrogen-bond donors (Lipinski definition) is 2. The molecule has 0 radical (unpaired) electrons. The summed E-state index contributed by atoms with van der Waals surface area (Å²) in [6.45, 7) is 4.01. The van der Waals surface area contributed by atoms with Gasteiger partial charge in [0.1, 0.15) is 0 Å². The van der Waals surface area contributed by atoms with Crippen LogP contribution in [0.15, 0.2) is 29.2 Å². The Kier molecular flexibility index (Phi) is 4.32. The van der Waals surface area contributed by atoms with Crippen LogP contribution in [0.5, 0.6) is 0 Å². The largest absolute Gasteiger partial charge is 0.380 e. The molecule has 0 aliphatic heterocycles. The fourth-order valence-electron chi connectivity index (χ4n) is 1.34. The maximum Gasteiger partial charge on any atom is 0.180 e. The maximum atomic E-state index is 11.8. The first-order valence-corrected chi connectivity index (χ1v) is 6.95. The SMILES string of the molecule is CCS(=O)(=O)c1ccccc1NC(C)CN. The minimum atomic E-state index is -3.19. The van der Waals surface area contributed by atoms with E-state index in [1.165, 1.54) is 0 Å². The van der Waals surface area contributed by atoms with Crippen molar-refractivity contribution < 1.29 is 8.42 Å². The van der Waals surface area contributed by atoms with Crippen LogP contribution in [-0.2, 0) is 9.84 Å². The van der Waals surface area contributed by atoms with Gasteiger partial charge in [-0.05, 0) is 19.1 Å². The first kappa shape index (κ1) is 13.0. The number of para-hydroxylation sites is 1. The Morgan fingerprint density at radius 1 is 1.38 bits per heavy atom. The predicted octanol–water partition coefficient (Wildman–Crippen LogP) is 1.24. The molecule has 90 valence electrons. The molecular weight excluding hydrogens is 224 g/mol. The summed E-state index contributed by atoms with van der Waals surface area (Å²) < 4.78 is 23.6. The quantitative estimate of drug-likeness (QED) is 0.815. The summed E-state index contributed by atoms with van der Waals surface area (Å²) in [5.41, 5.74) is 6.13. The van der Waals surface area contributed by atoms with Gasteiger partial charge >= 0.3 is 0 Å². The fourth-order valence-corrected chi connectivity index (χ4v) is 2.40. The Hall–Kier alpha value is -1.07. The zero-order chi connectivity index (χ0) is 12.2. The van der Waals surface area contributed by atoms with Crippen molar-refractivity contribution in [2.24, 2.45) is 5.73 Å². The molecule has 16 heavy (non-hydrogen) atoms. The summed E-state index contributed by atoms with van der Waals surface area (Å²) in [5, 5.41) is 3.10. The molecule has 1 rings (SSSR count). The van der Waals surface area contributed by atoms with Gasteiger partial charge in [0, 0.05) is 12.6 Å². The van der Waals surface area contributed by atoms with E-state index in [1.807, 2.05) is 6.92 Å². The van der Waals surface area contributed by atoms with Gasteiger partial charge in [0.25, 0.3) is 0 Å². The molecule has 0 saturated carbocycles. The van der Waals surface area contributed by atoms with Gasteiger partial charge in [-0.25, -0.2) is 8.42 Å². The standard InChI is InChI=1S/C11H18N2O2S/c1-3-16(14,15)11-7-5-4-6-10(11)13-9(2)8-12/h4-7,9,13H,3,8,12H2,1-2H3. The first-order valence-electron chi connectivity index (χ1n) is 5.29. The maximum absolute atomic E-state index is 11.8. The average molecular weight is 242 g/mol. The van der Waals surface area contributed by atoms with E-state index in [-0.39, 0.29) is 11.8 Å². The molecule has 0 amide bonds. The van der Waals surface area contributed by atoms with Gasteiger partial charge in [-0.15, -0.1) is 0 Å². The first-order chi connectivity index (χ1) is 7.51. The highest BCUT2D eigenvalue weighted by molar-refractivity contribution is 7.91. The molecule has 0 aliphatic carbocycles. The number of rotatable bonds is 5. The zero-order valence-electron chi connectivity index (χ0n) is 9.60. The van der Waals surface area contributed by atoms with E-state index in [4.69, 9.17) is 5.73 Å². The molecule has 0 heterocycles. The summed E-state index contributed by atoms with van der Waals surface area (Å²) >= 11 is 0. The number of nitrogens with one attached hydrogen (secondary N) is 1. The second-order valence-electron chi connectivity index (χ2n) is 3.68. The lowest BCUT2D eigenvalue weighted by atomic mass is 10.2. The predicted molar refractivity (Wildman–Crippen MR) is 66.3 cm³/mol. The lowest BCUT2D eigenvalue weighted by Crippen LogP contribution is -2.26. The third-order valence-electron chi connectivity index (χ3n) is 2.36. The molecule has 1 aromatic carbocycles. The van der Waals surface area contributed by atoms with Gasteiger partial charge in [0.2, 0.25) is 0 Å². The Morgan fingerprint density at radius 3 is 2.56 bits per heavy atom. The molecule has 0 bridgehead atoms. The molecule has 1 atom stereocenters. The summed E-state index contributed by atoms with van der Waals surface area (Å²) in [7, 11) is -3.19. The molecule has 4 nitrogen and oxygen atoms in total. The van der Waals surface area contributed by atoms with Crippen LogP contribution in [0.1, 0.15) is 13.8 Å². The summed E-state index contributed by atoms with van der Waals surface area (Å²) in [5.74, 6) is 0.0999. The topological polar surface area (TPSA) is 72.2 Å². The van der Waals surface area contributed by atoms with Gasteiger partial charge in [-0.2, -0.15) is 0 Å². The molecule has 1 unspecified atom stereocenters. The van der Waals surface area contributed by atoms with Crippen LogP contribution in [0.25, 0.3) is 0 Å². The third-order valence-corrected chi connectivity index (χ3v) is 4.14. The second-order valence-corrected chi connectivity index (χ2v) is 5.93.